The van der Waals surface area contributed by atoms with Gasteiger partial charge in [0.15, 0.2) is 17.5 Å². The van der Waals surface area contributed by atoms with Crippen molar-refractivity contribution in [1.29, 1.82) is 0 Å². The molecule has 0 saturated heterocycles. The Morgan fingerprint density at radius 1 is 1.29 bits per heavy atom. The molecule has 1 fully saturated rings. The summed E-state index contributed by atoms with van der Waals surface area (Å²) in [6.45, 7) is 0.493. The molecule has 1 saturated carbocycles. The fraction of sp³-hybridized carbons (Fsp3) is 0.533. The molecule has 0 heterocycles. The molecular formula is C15H22BrN3O2. The maximum absolute atomic E-state index is 5.95. The van der Waals surface area contributed by atoms with Crippen molar-refractivity contribution in [2.24, 2.45) is 10.7 Å². The summed E-state index contributed by atoms with van der Waals surface area (Å²) in [5, 5.41) is 3.28. The predicted molar refractivity (Wildman–Crippen MR) is 88.0 cm³/mol. The first-order valence-electron chi connectivity index (χ1n) is 7.11. The summed E-state index contributed by atoms with van der Waals surface area (Å²) >= 11 is 3.52. The van der Waals surface area contributed by atoms with Crippen molar-refractivity contribution in [3.63, 3.8) is 0 Å². The van der Waals surface area contributed by atoms with Crippen LogP contribution in [0.15, 0.2) is 21.6 Å². The van der Waals surface area contributed by atoms with Gasteiger partial charge in [0, 0.05) is 10.5 Å². The fourth-order valence-electron chi connectivity index (χ4n) is 2.51. The Balaban J connectivity index is 2.04. The van der Waals surface area contributed by atoms with Crippen LogP contribution >= 0.6 is 15.9 Å². The number of halogens is 1. The Bertz CT molecular complexity index is 514. The van der Waals surface area contributed by atoms with Gasteiger partial charge in [-0.3, -0.25) is 0 Å². The van der Waals surface area contributed by atoms with Crippen LogP contribution in [0.4, 0.5) is 0 Å². The van der Waals surface area contributed by atoms with Gasteiger partial charge in [-0.1, -0.05) is 28.8 Å². The third-order valence-electron chi connectivity index (χ3n) is 3.68. The largest absolute Gasteiger partial charge is 0.493 e. The second-order valence-electron chi connectivity index (χ2n) is 5.13. The highest BCUT2D eigenvalue weighted by atomic mass is 79.9. The molecule has 0 unspecified atom stereocenters. The van der Waals surface area contributed by atoms with E-state index in [2.05, 4.69) is 26.2 Å². The van der Waals surface area contributed by atoms with Gasteiger partial charge in [-0.05, 0) is 30.5 Å². The van der Waals surface area contributed by atoms with E-state index in [-0.39, 0.29) is 0 Å². The summed E-state index contributed by atoms with van der Waals surface area (Å²) in [6, 6.07) is 4.27. The fourth-order valence-corrected chi connectivity index (χ4v) is 2.96. The second kappa shape index (κ2) is 7.54. The lowest BCUT2D eigenvalue weighted by Crippen LogP contribution is -2.38. The van der Waals surface area contributed by atoms with E-state index in [1.54, 1.807) is 14.2 Å². The Hall–Kier alpha value is -1.43. The molecule has 1 aromatic rings. The zero-order valence-corrected chi connectivity index (χ0v) is 14.1. The summed E-state index contributed by atoms with van der Waals surface area (Å²) in [4.78, 5) is 4.41. The van der Waals surface area contributed by atoms with E-state index in [0.29, 0.717) is 30.0 Å². The van der Waals surface area contributed by atoms with E-state index < -0.39 is 0 Å². The van der Waals surface area contributed by atoms with Crippen molar-refractivity contribution < 1.29 is 9.47 Å². The van der Waals surface area contributed by atoms with Crippen molar-refractivity contribution >= 4 is 21.9 Å². The van der Waals surface area contributed by atoms with Gasteiger partial charge in [0.25, 0.3) is 0 Å². The van der Waals surface area contributed by atoms with E-state index in [1.807, 2.05) is 12.1 Å². The van der Waals surface area contributed by atoms with Crippen LogP contribution < -0.4 is 20.5 Å². The Kier molecular flexibility index (Phi) is 5.73. The first-order valence-corrected chi connectivity index (χ1v) is 7.90. The molecule has 2 rings (SSSR count). The van der Waals surface area contributed by atoms with Gasteiger partial charge in [0.2, 0.25) is 0 Å². The number of nitrogens with one attached hydrogen (secondary N) is 1. The van der Waals surface area contributed by atoms with E-state index in [1.165, 1.54) is 25.7 Å². The number of aliphatic imine (C=N–C) groups is 1. The molecule has 1 aliphatic rings. The summed E-state index contributed by atoms with van der Waals surface area (Å²) in [6.07, 6.45) is 4.89. The van der Waals surface area contributed by atoms with Gasteiger partial charge in [-0.15, -0.1) is 0 Å². The molecule has 21 heavy (non-hydrogen) atoms. The van der Waals surface area contributed by atoms with E-state index in [9.17, 15) is 0 Å². The van der Waals surface area contributed by atoms with Crippen LogP contribution in [-0.4, -0.2) is 26.2 Å². The van der Waals surface area contributed by atoms with Crippen molar-refractivity contribution in [2.75, 3.05) is 14.2 Å². The number of hydrogen-bond acceptors (Lipinski definition) is 3. The third kappa shape index (κ3) is 4.27. The minimum Gasteiger partial charge on any atom is -0.493 e. The van der Waals surface area contributed by atoms with Gasteiger partial charge >= 0.3 is 0 Å². The zero-order valence-electron chi connectivity index (χ0n) is 12.5. The number of nitrogens with zero attached hydrogens (tertiary/aromatic N) is 1. The van der Waals surface area contributed by atoms with Gasteiger partial charge < -0.3 is 20.5 Å². The molecule has 0 radical (unpaired) electrons. The second-order valence-corrected chi connectivity index (χ2v) is 5.98. The molecule has 0 amide bonds. The topological polar surface area (TPSA) is 68.9 Å². The normalized spacial score (nSPS) is 16.0. The molecule has 3 N–H and O–H groups in total. The molecule has 0 bridgehead atoms. The molecule has 0 atom stereocenters. The molecule has 1 aliphatic carbocycles. The molecule has 0 aromatic heterocycles. The molecule has 116 valence electrons. The predicted octanol–water partition coefficient (Wildman–Crippen LogP) is 2.81. The van der Waals surface area contributed by atoms with Crippen molar-refractivity contribution in [2.45, 2.75) is 38.3 Å². The van der Waals surface area contributed by atoms with Gasteiger partial charge in [0.05, 0.1) is 20.8 Å². The van der Waals surface area contributed by atoms with Crippen molar-refractivity contribution in [1.82, 2.24) is 5.32 Å². The molecule has 0 aliphatic heterocycles. The Labute approximate surface area is 134 Å². The molecule has 5 nitrogen and oxygen atoms in total. The van der Waals surface area contributed by atoms with Crippen LogP contribution in [0.2, 0.25) is 0 Å². The van der Waals surface area contributed by atoms with E-state index in [4.69, 9.17) is 15.2 Å². The maximum atomic E-state index is 5.95. The number of guanidine groups is 1. The number of ether oxygens (including phenoxy) is 2. The Morgan fingerprint density at radius 3 is 2.52 bits per heavy atom. The van der Waals surface area contributed by atoms with E-state index in [0.717, 1.165) is 10.0 Å². The van der Waals surface area contributed by atoms with E-state index >= 15 is 0 Å². The number of nitrogens with two attached hydrogens (primary N) is 1. The van der Waals surface area contributed by atoms with Crippen LogP contribution in [0.25, 0.3) is 0 Å². The first-order chi connectivity index (χ1) is 10.1. The summed E-state index contributed by atoms with van der Waals surface area (Å²) in [5.41, 5.74) is 6.95. The standard InChI is InChI=1S/C15H22BrN3O2/c1-20-13-7-10(12(16)8-14(13)21-2)9-18-15(17)19-11-5-3-4-6-11/h7-8,11H,3-6,9H2,1-2H3,(H3,17,18,19). The van der Waals surface area contributed by atoms with Crippen molar-refractivity contribution in [3.8, 4) is 11.5 Å². The lowest BCUT2D eigenvalue weighted by molar-refractivity contribution is 0.354. The average Bonchev–Trinajstić information content (AvgIpc) is 2.98. The van der Waals surface area contributed by atoms with Gasteiger partial charge in [0.1, 0.15) is 0 Å². The average molecular weight is 356 g/mol. The highest BCUT2D eigenvalue weighted by molar-refractivity contribution is 9.10. The first kappa shape index (κ1) is 15.9. The minimum atomic E-state index is 0.475. The molecule has 0 spiro atoms. The van der Waals surface area contributed by atoms with Crippen LogP contribution in [0.1, 0.15) is 31.2 Å². The lowest BCUT2D eigenvalue weighted by Gasteiger charge is -2.13. The Morgan fingerprint density at radius 2 is 1.90 bits per heavy atom. The summed E-state index contributed by atoms with van der Waals surface area (Å²) in [5.74, 6) is 1.88. The number of rotatable bonds is 5. The SMILES string of the molecule is COc1cc(Br)c(CN=C(N)NC2CCCC2)cc1OC. The number of methoxy groups -OCH3 is 2. The summed E-state index contributed by atoms with van der Waals surface area (Å²) in [7, 11) is 3.24. The lowest BCUT2D eigenvalue weighted by atomic mass is 10.2. The highest BCUT2D eigenvalue weighted by Gasteiger charge is 2.15. The van der Waals surface area contributed by atoms with Crippen LogP contribution in [0.5, 0.6) is 11.5 Å². The van der Waals surface area contributed by atoms with Gasteiger partial charge in [-0.25, -0.2) is 4.99 Å². The van der Waals surface area contributed by atoms with Crippen LogP contribution in [-0.2, 0) is 6.54 Å². The molecule has 1 aromatic carbocycles. The highest BCUT2D eigenvalue weighted by Crippen LogP contribution is 2.33. The van der Waals surface area contributed by atoms with Crippen LogP contribution in [0.3, 0.4) is 0 Å². The minimum absolute atomic E-state index is 0.475. The summed E-state index contributed by atoms with van der Waals surface area (Å²) < 4.78 is 11.5. The van der Waals surface area contributed by atoms with Crippen molar-refractivity contribution in [3.05, 3.63) is 22.2 Å². The maximum Gasteiger partial charge on any atom is 0.189 e. The van der Waals surface area contributed by atoms with Gasteiger partial charge in [-0.2, -0.15) is 0 Å². The molecule has 6 heteroatoms. The smallest absolute Gasteiger partial charge is 0.189 e. The quantitative estimate of drug-likeness (QED) is 0.629. The number of hydrogen-bond donors (Lipinski definition) is 2. The number of benzene rings is 1. The third-order valence-corrected chi connectivity index (χ3v) is 4.42. The zero-order chi connectivity index (χ0) is 15.2. The molecular weight excluding hydrogens is 334 g/mol. The monoisotopic (exact) mass is 355 g/mol. The van der Waals surface area contributed by atoms with Crippen LogP contribution in [0, 0.1) is 0 Å².